The maximum Gasteiger partial charge on any atom is 0.433 e. The molecule has 0 N–H and O–H groups in total. The molecule has 0 amide bonds. The van der Waals surface area contributed by atoms with Crippen LogP contribution in [0.3, 0.4) is 0 Å². The van der Waals surface area contributed by atoms with Gasteiger partial charge < -0.3 is 4.74 Å². The fourth-order valence-electron chi connectivity index (χ4n) is 1.22. The molecule has 0 saturated carbocycles. The number of rotatable bonds is 2. The number of halogens is 5. The fourth-order valence-corrected chi connectivity index (χ4v) is 1.22. The third kappa shape index (κ3) is 2.40. The zero-order chi connectivity index (χ0) is 12.5. The first-order chi connectivity index (χ1) is 7.27. The Hall–Kier alpha value is -1.40. The minimum absolute atomic E-state index is 0.358. The van der Waals surface area contributed by atoms with Gasteiger partial charge in [-0.15, -0.1) is 0 Å². The molecule has 0 fully saturated rings. The minimum atomic E-state index is -4.68. The Bertz CT molecular complexity index is 388. The van der Waals surface area contributed by atoms with E-state index in [9.17, 15) is 22.0 Å². The Labute approximate surface area is 88.1 Å². The maximum atomic E-state index is 12.4. The summed E-state index contributed by atoms with van der Waals surface area (Å²) in [6, 6.07) is 0.735. The van der Waals surface area contributed by atoms with Crippen LogP contribution in [0.1, 0.15) is 23.2 Å². The third-order valence-corrected chi connectivity index (χ3v) is 1.90. The van der Waals surface area contributed by atoms with Crippen LogP contribution in [0.2, 0.25) is 0 Å². The van der Waals surface area contributed by atoms with Crippen molar-refractivity contribution in [2.45, 2.75) is 19.5 Å². The Morgan fingerprint density at radius 2 is 1.88 bits per heavy atom. The first-order valence-corrected chi connectivity index (χ1v) is 4.18. The van der Waals surface area contributed by atoms with E-state index in [0.29, 0.717) is 0 Å². The van der Waals surface area contributed by atoms with E-state index in [0.717, 1.165) is 20.1 Å². The number of aryl methyl sites for hydroxylation is 1. The van der Waals surface area contributed by atoms with Crippen molar-refractivity contribution in [3.05, 3.63) is 22.9 Å². The highest BCUT2D eigenvalue weighted by atomic mass is 19.4. The summed E-state index contributed by atoms with van der Waals surface area (Å²) >= 11 is 0. The summed E-state index contributed by atoms with van der Waals surface area (Å²) in [5.74, 6) is -0.701. The topological polar surface area (TPSA) is 22.1 Å². The molecule has 1 rings (SSSR count). The second-order valence-electron chi connectivity index (χ2n) is 3.05. The van der Waals surface area contributed by atoms with Crippen LogP contribution in [0.15, 0.2) is 6.07 Å². The quantitative estimate of drug-likeness (QED) is 0.740. The molecule has 0 atom stereocenters. The molecule has 0 aliphatic carbocycles. The number of hydrogen-bond donors (Lipinski definition) is 0. The van der Waals surface area contributed by atoms with Crippen LogP contribution in [-0.2, 0) is 6.18 Å². The van der Waals surface area contributed by atoms with Crippen LogP contribution in [-0.4, -0.2) is 12.1 Å². The molecule has 90 valence electrons. The van der Waals surface area contributed by atoms with Gasteiger partial charge in [-0.05, 0) is 18.6 Å². The Balaban J connectivity index is 3.37. The van der Waals surface area contributed by atoms with Gasteiger partial charge in [0.2, 0.25) is 5.88 Å². The van der Waals surface area contributed by atoms with Crippen molar-refractivity contribution in [2.75, 3.05) is 7.11 Å². The molecule has 0 aliphatic rings. The fraction of sp³-hybridized carbons (Fsp3) is 0.444. The number of pyridine rings is 1. The lowest BCUT2D eigenvalue weighted by atomic mass is 10.1. The summed E-state index contributed by atoms with van der Waals surface area (Å²) in [6.45, 7) is 1.07. The highest BCUT2D eigenvalue weighted by Gasteiger charge is 2.36. The summed E-state index contributed by atoms with van der Waals surface area (Å²) in [7, 11) is 0.990. The summed E-state index contributed by atoms with van der Waals surface area (Å²) < 4.78 is 66.4. The standard InChI is InChI=1S/C9H8F5NO/c1-4-3-5(7(10)11)8(16-2)15-6(4)9(12,13)14/h3,7H,1-2H3. The summed E-state index contributed by atoms with van der Waals surface area (Å²) in [4.78, 5) is 3.06. The van der Waals surface area contributed by atoms with Crippen molar-refractivity contribution in [3.8, 4) is 5.88 Å². The lowest BCUT2D eigenvalue weighted by Gasteiger charge is -2.13. The summed E-state index contributed by atoms with van der Waals surface area (Å²) in [5, 5.41) is 0. The van der Waals surface area contributed by atoms with Crippen molar-refractivity contribution >= 4 is 0 Å². The molecule has 0 aliphatic heterocycles. The molecule has 1 aromatic heterocycles. The Kier molecular flexibility index (Phi) is 3.35. The van der Waals surface area contributed by atoms with Crippen molar-refractivity contribution in [1.82, 2.24) is 4.98 Å². The van der Waals surface area contributed by atoms with Gasteiger partial charge in [-0.1, -0.05) is 0 Å². The van der Waals surface area contributed by atoms with Crippen LogP contribution in [0.5, 0.6) is 5.88 Å². The van der Waals surface area contributed by atoms with Crippen molar-refractivity contribution in [2.24, 2.45) is 0 Å². The summed E-state index contributed by atoms with van der Waals surface area (Å²) in [6.07, 6.45) is -7.61. The van der Waals surface area contributed by atoms with Crippen molar-refractivity contribution in [1.29, 1.82) is 0 Å². The third-order valence-electron chi connectivity index (χ3n) is 1.90. The molecular formula is C9H8F5NO. The van der Waals surface area contributed by atoms with E-state index in [1.54, 1.807) is 0 Å². The maximum absolute atomic E-state index is 12.4. The summed E-state index contributed by atoms with van der Waals surface area (Å²) in [5.41, 5.74) is -2.22. The minimum Gasteiger partial charge on any atom is -0.481 e. The van der Waals surface area contributed by atoms with Gasteiger partial charge in [0.25, 0.3) is 6.43 Å². The molecule has 0 radical (unpaired) electrons. The first-order valence-electron chi connectivity index (χ1n) is 4.18. The van der Waals surface area contributed by atoms with Gasteiger partial charge in [0.1, 0.15) is 0 Å². The van der Waals surface area contributed by atoms with E-state index in [2.05, 4.69) is 9.72 Å². The first kappa shape index (κ1) is 12.7. The average molecular weight is 241 g/mol. The van der Waals surface area contributed by atoms with Crippen LogP contribution in [0.25, 0.3) is 0 Å². The number of alkyl halides is 5. The highest BCUT2D eigenvalue weighted by Crippen LogP contribution is 2.35. The zero-order valence-corrected chi connectivity index (χ0v) is 8.40. The van der Waals surface area contributed by atoms with Gasteiger partial charge >= 0.3 is 6.18 Å². The molecule has 0 saturated heterocycles. The molecule has 0 spiro atoms. The van der Waals surface area contributed by atoms with Gasteiger partial charge in [0, 0.05) is 0 Å². The van der Waals surface area contributed by atoms with E-state index in [1.165, 1.54) is 0 Å². The van der Waals surface area contributed by atoms with E-state index in [4.69, 9.17) is 0 Å². The number of hydrogen-bond acceptors (Lipinski definition) is 2. The highest BCUT2D eigenvalue weighted by molar-refractivity contribution is 5.35. The molecule has 16 heavy (non-hydrogen) atoms. The van der Waals surface area contributed by atoms with E-state index >= 15 is 0 Å². The zero-order valence-electron chi connectivity index (χ0n) is 8.40. The SMILES string of the molecule is COc1nc(C(F)(F)F)c(C)cc1C(F)F. The monoisotopic (exact) mass is 241 g/mol. The van der Waals surface area contributed by atoms with Crippen molar-refractivity contribution in [3.63, 3.8) is 0 Å². The second kappa shape index (κ2) is 4.23. The number of methoxy groups -OCH3 is 1. The van der Waals surface area contributed by atoms with Crippen LogP contribution in [0.4, 0.5) is 22.0 Å². The van der Waals surface area contributed by atoms with Gasteiger partial charge in [-0.2, -0.15) is 13.2 Å². The van der Waals surface area contributed by atoms with E-state index in [1.807, 2.05) is 0 Å². The number of nitrogens with zero attached hydrogens (tertiary/aromatic N) is 1. The normalized spacial score (nSPS) is 12.0. The Morgan fingerprint density at radius 3 is 2.25 bits per heavy atom. The van der Waals surface area contributed by atoms with E-state index < -0.39 is 29.7 Å². The van der Waals surface area contributed by atoms with Gasteiger partial charge in [0.05, 0.1) is 12.7 Å². The predicted molar refractivity (Wildman–Crippen MR) is 45.5 cm³/mol. The molecule has 1 aromatic rings. The molecule has 0 bridgehead atoms. The van der Waals surface area contributed by atoms with E-state index in [-0.39, 0.29) is 5.56 Å². The van der Waals surface area contributed by atoms with Gasteiger partial charge in [-0.3, -0.25) is 0 Å². The molecule has 2 nitrogen and oxygen atoms in total. The lowest BCUT2D eigenvalue weighted by molar-refractivity contribution is -0.141. The van der Waals surface area contributed by atoms with Gasteiger partial charge in [-0.25, -0.2) is 13.8 Å². The van der Waals surface area contributed by atoms with Crippen LogP contribution < -0.4 is 4.74 Å². The lowest BCUT2D eigenvalue weighted by Crippen LogP contribution is -2.12. The molecule has 1 heterocycles. The number of aromatic nitrogens is 1. The molecule has 0 aromatic carbocycles. The Morgan fingerprint density at radius 1 is 1.31 bits per heavy atom. The van der Waals surface area contributed by atoms with Crippen LogP contribution in [0, 0.1) is 6.92 Å². The number of ether oxygens (including phenoxy) is 1. The molecule has 7 heteroatoms. The smallest absolute Gasteiger partial charge is 0.433 e. The predicted octanol–water partition coefficient (Wildman–Crippen LogP) is 3.36. The molecule has 0 unspecified atom stereocenters. The average Bonchev–Trinajstić information content (AvgIpc) is 2.15. The second-order valence-corrected chi connectivity index (χ2v) is 3.05. The van der Waals surface area contributed by atoms with Crippen LogP contribution >= 0.6 is 0 Å². The largest absolute Gasteiger partial charge is 0.481 e. The van der Waals surface area contributed by atoms with Gasteiger partial charge in [0.15, 0.2) is 5.69 Å². The van der Waals surface area contributed by atoms with Crippen molar-refractivity contribution < 1.29 is 26.7 Å². The molecular weight excluding hydrogens is 233 g/mol.